The summed E-state index contributed by atoms with van der Waals surface area (Å²) in [6.07, 6.45) is 0.386. The van der Waals surface area contributed by atoms with Crippen molar-refractivity contribution in [3.05, 3.63) is 57.5 Å². The number of hydrogen-bond donors (Lipinski definition) is 1. The summed E-state index contributed by atoms with van der Waals surface area (Å²) >= 11 is 9.50. The summed E-state index contributed by atoms with van der Waals surface area (Å²) in [5.74, 6) is 0.771. The molecule has 6 heteroatoms. The highest BCUT2D eigenvalue weighted by Gasteiger charge is 2.11. The summed E-state index contributed by atoms with van der Waals surface area (Å²) in [5.41, 5.74) is 1.86. The minimum Gasteiger partial charge on any atom is -0.495 e. The van der Waals surface area contributed by atoms with Gasteiger partial charge in [-0.3, -0.25) is 4.79 Å². The summed E-state index contributed by atoms with van der Waals surface area (Å²) < 4.78 is 6.28. The number of halogens is 2. The van der Waals surface area contributed by atoms with Crippen LogP contribution in [0.15, 0.2) is 46.9 Å². The molecule has 0 bridgehead atoms. The van der Waals surface area contributed by atoms with Crippen LogP contribution in [0.1, 0.15) is 12.0 Å². The number of anilines is 1. The van der Waals surface area contributed by atoms with Gasteiger partial charge in [0.05, 0.1) is 12.8 Å². The molecule has 0 aliphatic rings. The van der Waals surface area contributed by atoms with Gasteiger partial charge in [0.1, 0.15) is 5.75 Å². The van der Waals surface area contributed by atoms with Crippen molar-refractivity contribution in [1.82, 2.24) is 4.90 Å². The molecule has 0 fully saturated rings. The molecule has 0 heterocycles. The van der Waals surface area contributed by atoms with E-state index in [9.17, 15) is 4.79 Å². The highest BCUT2D eigenvalue weighted by molar-refractivity contribution is 9.10. The molecule has 2 rings (SSSR count). The lowest BCUT2D eigenvalue weighted by molar-refractivity contribution is -0.130. The highest BCUT2D eigenvalue weighted by Crippen LogP contribution is 2.27. The highest BCUT2D eigenvalue weighted by atomic mass is 79.9. The fourth-order valence-electron chi connectivity index (χ4n) is 2.28. The number of methoxy groups -OCH3 is 1. The van der Waals surface area contributed by atoms with Crippen LogP contribution in [-0.2, 0) is 11.3 Å². The van der Waals surface area contributed by atoms with Crippen molar-refractivity contribution in [2.45, 2.75) is 13.0 Å². The first-order chi connectivity index (χ1) is 11.5. The van der Waals surface area contributed by atoms with Crippen molar-refractivity contribution < 1.29 is 9.53 Å². The van der Waals surface area contributed by atoms with E-state index in [2.05, 4.69) is 21.2 Å². The van der Waals surface area contributed by atoms with E-state index in [1.54, 1.807) is 30.2 Å². The van der Waals surface area contributed by atoms with Crippen molar-refractivity contribution in [2.75, 3.05) is 26.0 Å². The van der Waals surface area contributed by atoms with Crippen LogP contribution in [0.5, 0.6) is 5.75 Å². The third kappa shape index (κ3) is 5.14. The molecule has 0 aliphatic carbocycles. The Labute approximate surface area is 155 Å². The molecule has 0 atom stereocenters. The average molecular weight is 412 g/mol. The van der Waals surface area contributed by atoms with Crippen molar-refractivity contribution in [1.29, 1.82) is 0 Å². The zero-order chi connectivity index (χ0) is 17.5. The van der Waals surface area contributed by atoms with Crippen molar-refractivity contribution in [3.63, 3.8) is 0 Å². The summed E-state index contributed by atoms with van der Waals surface area (Å²) in [7, 11) is 3.41. The Morgan fingerprint density at radius 1 is 1.29 bits per heavy atom. The monoisotopic (exact) mass is 410 g/mol. The van der Waals surface area contributed by atoms with E-state index in [1.807, 2.05) is 31.3 Å². The minimum absolute atomic E-state index is 0.0687. The van der Waals surface area contributed by atoms with Crippen molar-refractivity contribution in [3.8, 4) is 5.75 Å². The fraction of sp³-hybridized carbons (Fsp3) is 0.278. The van der Waals surface area contributed by atoms with Crippen LogP contribution >= 0.6 is 27.5 Å². The van der Waals surface area contributed by atoms with E-state index in [0.717, 1.165) is 15.7 Å². The summed E-state index contributed by atoms with van der Waals surface area (Å²) in [6.45, 7) is 1.08. The van der Waals surface area contributed by atoms with E-state index < -0.39 is 0 Å². The fourth-order valence-corrected chi connectivity index (χ4v) is 2.87. The van der Waals surface area contributed by atoms with Gasteiger partial charge in [-0.1, -0.05) is 45.7 Å². The van der Waals surface area contributed by atoms with Gasteiger partial charge in [0, 0.05) is 36.1 Å². The van der Waals surface area contributed by atoms with Crippen molar-refractivity contribution in [2.24, 2.45) is 0 Å². The van der Waals surface area contributed by atoms with E-state index >= 15 is 0 Å². The van der Waals surface area contributed by atoms with E-state index in [0.29, 0.717) is 30.3 Å². The standard InChI is InChI=1S/C18H20BrClN2O2/c1-22(12-13-5-3-4-6-15(13)19)18(23)9-10-21-16-11-14(20)7-8-17(16)24-2/h3-8,11,21H,9-10,12H2,1-2H3. The maximum Gasteiger partial charge on any atom is 0.224 e. The number of nitrogens with one attached hydrogen (secondary N) is 1. The van der Waals surface area contributed by atoms with Gasteiger partial charge in [-0.05, 0) is 29.8 Å². The first-order valence-corrected chi connectivity index (χ1v) is 8.73. The lowest BCUT2D eigenvalue weighted by Gasteiger charge is -2.19. The molecule has 0 radical (unpaired) electrons. The molecule has 2 aromatic carbocycles. The molecule has 0 aromatic heterocycles. The summed E-state index contributed by atoms with van der Waals surface area (Å²) in [4.78, 5) is 14.0. The second-order valence-corrected chi connectivity index (χ2v) is 6.65. The van der Waals surface area contributed by atoms with Gasteiger partial charge in [0.25, 0.3) is 0 Å². The predicted molar refractivity (Wildman–Crippen MR) is 102 cm³/mol. The Balaban J connectivity index is 1.87. The number of amides is 1. The lowest BCUT2D eigenvalue weighted by Crippen LogP contribution is -2.28. The zero-order valence-corrected chi connectivity index (χ0v) is 16.0. The molecule has 0 aliphatic heterocycles. The van der Waals surface area contributed by atoms with Crippen LogP contribution in [0.3, 0.4) is 0 Å². The van der Waals surface area contributed by atoms with Gasteiger partial charge in [-0.2, -0.15) is 0 Å². The number of carbonyl (C=O) groups excluding carboxylic acids is 1. The largest absolute Gasteiger partial charge is 0.495 e. The van der Waals surface area contributed by atoms with Crippen molar-refractivity contribution >= 4 is 39.1 Å². The molecule has 0 saturated heterocycles. The van der Waals surface area contributed by atoms with Gasteiger partial charge < -0.3 is 15.0 Å². The zero-order valence-electron chi connectivity index (χ0n) is 13.7. The number of carbonyl (C=O) groups is 1. The molecule has 4 nitrogen and oxygen atoms in total. The van der Waals surface area contributed by atoms with Gasteiger partial charge in [0.2, 0.25) is 5.91 Å². The number of rotatable bonds is 7. The Kier molecular flexibility index (Phi) is 6.94. The Morgan fingerprint density at radius 3 is 2.75 bits per heavy atom. The smallest absolute Gasteiger partial charge is 0.224 e. The van der Waals surface area contributed by atoms with E-state index in [1.165, 1.54) is 0 Å². The van der Waals surface area contributed by atoms with Gasteiger partial charge in [0.15, 0.2) is 0 Å². The molecule has 0 unspecified atom stereocenters. The number of benzene rings is 2. The van der Waals surface area contributed by atoms with Crippen LogP contribution < -0.4 is 10.1 Å². The molecule has 0 spiro atoms. The van der Waals surface area contributed by atoms with Crippen LogP contribution in [0.25, 0.3) is 0 Å². The Hall–Kier alpha value is -1.72. The normalized spacial score (nSPS) is 10.3. The maximum atomic E-state index is 12.3. The first kappa shape index (κ1) is 18.6. The lowest BCUT2D eigenvalue weighted by atomic mass is 10.2. The topological polar surface area (TPSA) is 41.6 Å². The second kappa shape index (κ2) is 8.94. The van der Waals surface area contributed by atoms with E-state index in [-0.39, 0.29) is 5.91 Å². The molecule has 128 valence electrons. The SMILES string of the molecule is COc1ccc(Cl)cc1NCCC(=O)N(C)Cc1ccccc1Br. The molecular weight excluding hydrogens is 392 g/mol. The Morgan fingerprint density at radius 2 is 2.04 bits per heavy atom. The first-order valence-electron chi connectivity index (χ1n) is 7.56. The van der Waals surface area contributed by atoms with Gasteiger partial charge in [-0.25, -0.2) is 0 Å². The van der Waals surface area contributed by atoms with Crippen LogP contribution in [0.4, 0.5) is 5.69 Å². The van der Waals surface area contributed by atoms with Crippen LogP contribution in [0.2, 0.25) is 5.02 Å². The molecule has 2 aromatic rings. The molecular formula is C18H20BrClN2O2. The minimum atomic E-state index is 0.0687. The van der Waals surface area contributed by atoms with Crippen LogP contribution in [0, 0.1) is 0 Å². The quantitative estimate of drug-likeness (QED) is 0.725. The number of hydrogen-bond acceptors (Lipinski definition) is 3. The number of ether oxygens (including phenoxy) is 1. The van der Waals surface area contributed by atoms with Crippen LogP contribution in [-0.4, -0.2) is 31.5 Å². The molecule has 1 amide bonds. The molecule has 0 saturated carbocycles. The molecule has 24 heavy (non-hydrogen) atoms. The van der Waals surface area contributed by atoms with Gasteiger partial charge in [-0.15, -0.1) is 0 Å². The summed E-state index contributed by atoms with van der Waals surface area (Å²) in [5, 5.41) is 3.82. The number of nitrogens with zero attached hydrogens (tertiary/aromatic N) is 1. The summed E-state index contributed by atoms with van der Waals surface area (Å²) in [6, 6.07) is 13.2. The average Bonchev–Trinajstić information content (AvgIpc) is 2.57. The van der Waals surface area contributed by atoms with Gasteiger partial charge >= 0.3 is 0 Å². The third-order valence-electron chi connectivity index (χ3n) is 3.61. The third-order valence-corrected chi connectivity index (χ3v) is 4.62. The molecule has 1 N–H and O–H groups in total. The second-order valence-electron chi connectivity index (χ2n) is 5.36. The Bertz CT molecular complexity index is 709. The maximum absolute atomic E-state index is 12.3. The van der Waals surface area contributed by atoms with E-state index in [4.69, 9.17) is 16.3 Å². The predicted octanol–water partition coefficient (Wildman–Crippen LogP) is 4.57.